The van der Waals surface area contributed by atoms with E-state index in [-0.39, 0.29) is 42.6 Å². The first kappa shape index (κ1) is 26.3. The van der Waals surface area contributed by atoms with Gasteiger partial charge in [-0.2, -0.15) is 13.2 Å². The highest BCUT2D eigenvalue weighted by Gasteiger charge is 2.45. The summed E-state index contributed by atoms with van der Waals surface area (Å²) >= 11 is 5.66. The van der Waals surface area contributed by atoms with Crippen LogP contribution < -0.4 is 5.32 Å². The quantitative estimate of drug-likeness (QED) is 0.445. The van der Waals surface area contributed by atoms with Crippen LogP contribution in [0.5, 0.6) is 0 Å². The number of likely N-dealkylation sites (tertiary alicyclic amines) is 1. The molecule has 2 aliphatic rings. The maximum absolute atomic E-state index is 14.7. The summed E-state index contributed by atoms with van der Waals surface area (Å²) in [6.07, 6.45) is -3.62. The van der Waals surface area contributed by atoms with E-state index >= 15 is 0 Å². The summed E-state index contributed by atoms with van der Waals surface area (Å²) in [5, 5.41) is 2.32. The zero-order valence-electron chi connectivity index (χ0n) is 19.3. The number of benzene rings is 1. The SMILES string of the molecule is C[C@@H]1C[C@H](C(=O)N[C@@H](c2cc(F)c(Cl)cc2F)C2COC2)N(C(=O)c2ccnc(C(F)(F)F)c2)[C@@H]1C. The standard InChI is InChI=1S/C24H23ClF5N3O3/c1-11-5-19(33(12(11)2)23(35)13-3-4-31-20(6-13)24(28,29)30)22(34)32-21(14-9-36-10-14)15-7-18(27)16(25)8-17(15)26/h3-4,6-8,11-12,14,19,21H,5,9-10H2,1-2H3,(H,32,34)/t11-,12-,19-,21-/m1/s1. The number of carbonyl (C=O) groups is 2. The van der Waals surface area contributed by atoms with Crippen molar-refractivity contribution in [3.63, 3.8) is 0 Å². The third kappa shape index (κ3) is 5.04. The highest BCUT2D eigenvalue weighted by atomic mass is 35.5. The number of nitrogens with one attached hydrogen (secondary N) is 1. The predicted octanol–water partition coefficient (Wildman–Crippen LogP) is 4.78. The molecule has 0 unspecified atom stereocenters. The number of ether oxygens (including phenoxy) is 1. The van der Waals surface area contributed by atoms with E-state index in [1.54, 1.807) is 6.92 Å². The molecule has 194 valence electrons. The number of halogens is 6. The molecule has 0 aliphatic carbocycles. The number of hydrogen-bond donors (Lipinski definition) is 1. The van der Waals surface area contributed by atoms with Crippen molar-refractivity contribution >= 4 is 23.4 Å². The van der Waals surface area contributed by atoms with Crippen molar-refractivity contribution in [3.05, 3.63) is 63.9 Å². The Hall–Kier alpha value is -2.79. The summed E-state index contributed by atoms with van der Waals surface area (Å²) in [6.45, 7) is 3.92. The van der Waals surface area contributed by atoms with Crippen LogP contribution in [0.3, 0.4) is 0 Å². The monoisotopic (exact) mass is 531 g/mol. The minimum atomic E-state index is -4.74. The molecule has 1 aromatic heterocycles. The first-order valence-electron chi connectivity index (χ1n) is 11.3. The third-order valence-corrected chi connectivity index (χ3v) is 7.12. The van der Waals surface area contributed by atoms with Gasteiger partial charge in [0, 0.05) is 29.3 Å². The van der Waals surface area contributed by atoms with Crippen LogP contribution in [0.25, 0.3) is 0 Å². The third-order valence-electron chi connectivity index (χ3n) is 6.84. The summed E-state index contributed by atoms with van der Waals surface area (Å²) in [5.74, 6) is -3.55. The van der Waals surface area contributed by atoms with Gasteiger partial charge in [-0.05, 0) is 43.5 Å². The summed E-state index contributed by atoms with van der Waals surface area (Å²) < 4.78 is 73.4. The molecule has 2 saturated heterocycles. The topological polar surface area (TPSA) is 71.5 Å². The Morgan fingerprint density at radius 2 is 1.86 bits per heavy atom. The number of hydrogen-bond acceptors (Lipinski definition) is 4. The van der Waals surface area contributed by atoms with Crippen LogP contribution in [-0.2, 0) is 15.7 Å². The number of pyridine rings is 1. The van der Waals surface area contributed by atoms with E-state index in [1.165, 1.54) is 4.90 Å². The van der Waals surface area contributed by atoms with Crippen molar-refractivity contribution in [1.82, 2.24) is 15.2 Å². The number of alkyl halides is 3. The fraction of sp³-hybridized carbons (Fsp3) is 0.458. The highest BCUT2D eigenvalue weighted by molar-refractivity contribution is 6.30. The Kier molecular flexibility index (Phi) is 7.25. The Balaban J connectivity index is 1.62. The van der Waals surface area contributed by atoms with Crippen molar-refractivity contribution in [2.45, 2.75) is 44.6 Å². The van der Waals surface area contributed by atoms with Crippen LogP contribution in [0.15, 0.2) is 30.5 Å². The second-order valence-corrected chi connectivity index (χ2v) is 9.59. The predicted molar refractivity (Wildman–Crippen MR) is 119 cm³/mol. The molecule has 4 rings (SSSR count). The molecule has 6 nitrogen and oxygen atoms in total. The van der Waals surface area contributed by atoms with Crippen molar-refractivity contribution < 1.29 is 36.3 Å². The molecule has 36 heavy (non-hydrogen) atoms. The van der Waals surface area contributed by atoms with Crippen LogP contribution in [0.1, 0.15) is 47.9 Å². The lowest BCUT2D eigenvalue weighted by atomic mass is 9.90. The minimum Gasteiger partial charge on any atom is -0.381 e. The van der Waals surface area contributed by atoms with Crippen LogP contribution >= 0.6 is 11.6 Å². The van der Waals surface area contributed by atoms with E-state index in [4.69, 9.17) is 16.3 Å². The number of amides is 2. The molecule has 2 aromatic rings. The number of aromatic nitrogens is 1. The molecule has 12 heteroatoms. The van der Waals surface area contributed by atoms with E-state index in [2.05, 4.69) is 10.3 Å². The van der Waals surface area contributed by atoms with Gasteiger partial charge in [-0.25, -0.2) is 8.78 Å². The normalized spacial score (nSPS) is 23.3. The highest BCUT2D eigenvalue weighted by Crippen LogP contribution is 2.36. The molecule has 2 aliphatic heterocycles. The molecule has 3 heterocycles. The first-order chi connectivity index (χ1) is 16.9. The van der Waals surface area contributed by atoms with Crippen LogP contribution in [0.2, 0.25) is 5.02 Å². The first-order valence-corrected chi connectivity index (χ1v) is 11.6. The molecule has 0 bridgehead atoms. The van der Waals surface area contributed by atoms with Crippen molar-refractivity contribution in [2.24, 2.45) is 11.8 Å². The molecule has 1 aromatic carbocycles. The molecular formula is C24H23ClF5N3O3. The van der Waals surface area contributed by atoms with Crippen molar-refractivity contribution in [3.8, 4) is 0 Å². The summed E-state index contributed by atoms with van der Waals surface area (Å²) in [5.41, 5.74) is -1.59. The molecule has 0 spiro atoms. The smallest absolute Gasteiger partial charge is 0.381 e. The van der Waals surface area contributed by atoms with Gasteiger partial charge in [0.1, 0.15) is 23.4 Å². The van der Waals surface area contributed by atoms with Gasteiger partial charge < -0.3 is 15.0 Å². The van der Waals surface area contributed by atoms with E-state index < -0.39 is 58.5 Å². The molecular weight excluding hydrogens is 509 g/mol. The van der Waals surface area contributed by atoms with Crippen molar-refractivity contribution in [2.75, 3.05) is 13.2 Å². The van der Waals surface area contributed by atoms with E-state index in [1.807, 2.05) is 6.92 Å². The number of nitrogens with zero attached hydrogens (tertiary/aromatic N) is 2. The molecule has 2 amide bonds. The van der Waals surface area contributed by atoms with Gasteiger partial charge in [0.15, 0.2) is 0 Å². The van der Waals surface area contributed by atoms with Gasteiger partial charge in [-0.3, -0.25) is 14.6 Å². The molecule has 0 radical (unpaired) electrons. The Bertz CT molecular complexity index is 1170. The Morgan fingerprint density at radius 1 is 1.17 bits per heavy atom. The van der Waals surface area contributed by atoms with Gasteiger partial charge in [0.25, 0.3) is 5.91 Å². The fourth-order valence-electron chi connectivity index (χ4n) is 4.57. The van der Waals surface area contributed by atoms with Gasteiger partial charge >= 0.3 is 6.18 Å². The fourth-order valence-corrected chi connectivity index (χ4v) is 4.72. The molecule has 0 saturated carbocycles. The molecule has 2 fully saturated rings. The lowest BCUT2D eigenvalue weighted by Crippen LogP contribution is -2.51. The summed E-state index contributed by atoms with van der Waals surface area (Å²) in [7, 11) is 0. The maximum Gasteiger partial charge on any atom is 0.433 e. The molecule has 1 N–H and O–H groups in total. The summed E-state index contributed by atoms with van der Waals surface area (Å²) in [4.78, 5) is 31.2. The largest absolute Gasteiger partial charge is 0.433 e. The lowest BCUT2D eigenvalue weighted by molar-refractivity contribution is -0.141. The van der Waals surface area contributed by atoms with Crippen LogP contribution in [0.4, 0.5) is 22.0 Å². The van der Waals surface area contributed by atoms with Gasteiger partial charge in [0.2, 0.25) is 5.91 Å². The van der Waals surface area contributed by atoms with Gasteiger partial charge in [-0.1, -0.05) is 18.5 Å². The van der Waals surface area contributed by atoms with Crippen LogP contribution in [0, 0.1) is 23.5 Å². The lowest BCUT2D eigenvalue weighted by Gasteiger charge is -2.36. The van der Waals surface area contributed by atoms with E-state index in [0.29, 0.717) is 6.07 Å². The number of carbonyl (C=O) groups excluding carboxylic acids is 2. The van der Waals surface area contributed by atoms with Crippen molar-refractivity contribution in [1.29, 1.82) is 0 Å². The van der Waals surface area contributed by atoms with E-state index in [0.717, 1.165) is 24.4 Å². The van der Waals surface area contributed by atoms with Gasteiger partial charge in [-0.15, -0.1) is 0 Å². The minimum absolute atomic E-state index is 0.112. The average Bonchev–Trinajstić information content (AvgIpc) is 3.08. The zero-order chi connectivity index (χ0) is 26.4. The number of rotatable bonds is 5. The van der Waals surface area contributed by atoms with Gasteiger partial charge in [0.05, 0.1) is 24.3 Å². The maximum atomic E-state index is 14.7. The molecule has 4 atom stereocenters. The average molecular weight is 532 g/mol. The Morgan fingerprint density at radius 3 is 2.47 bits per heavy atom. The summed E-state index contributed by atoms with van der Waals surface area (Å²) in [6, 6.07) is 1.08. The second-order valence-electron chi connectivity index (χ2n) is 9.18. The van der Waals surface area contributed by atoms with E-state index in [9.17, 15) is 31.5 Å². The zero-order valence-corrected chi connectivity index (χ0v) is 20.0. The van der Waals surface area contributed by atoms with Crippen LogP contribution in [-0.4, -0.2) is 47.0 Å². The second kappa shape index (κ2) is 9.93. The Labute approximate surface area is 208 Å².